The summed E-state index contributed by atoms with van der Waals surface area (Å²) in [5.74, 6) is 1.58. The molecule has 1 saturated carbocycles. The van der Waals surface area contributed by atoms with E-state index in [0.29, 0.717) is 0 Å². The van der Waals surface area contributed by atoms with E-state index < -0.39 is 0 Å². The number of rotatable bonds is 3. The summed E-state index contributed by atoms with van der Waals surface area (Å²) in [5.41, 5.74) is 12.3. The van der Waals surface area contributed by atoms with E-state index in [9.17, 15) is 0 Å². The van der Waals surface area contributed by atoms with Crippen LogP contribution in [0.4, 0.5) is 0 Å². The summed E-state index contributed by atoms with van der Waals surface area (Å²) in [4.78, 5) is 0. The SMILES string of the molecule is Cc1cc(C)c(C2(N)CCCC(CC(C)C)C2)cc1C. The summed E-state index contributed by atoms with van der Waals surface area (Å²) < 4.78 is 0. The van der Waals surface area contributed by atoms with Crippen LogP contribution in [-0.4, -0.2) is 0 Å². The first-order valence-corrected chi connectivity index (χ1v) is 8.19. The summed E-state index contributed by atoms with van der Waals surface area (Å²) in [6.07, 6.45) is 6.27. The van der Waals surface area contributed by atoms with Gasteiger partial charge in [-0.15, -0.1) is 0 Å². The molecule has 112 valence electrons. The smallest absolute Gasteiger partial charge is 0.0415 e. The second-order valence-corrected chi connectivity index (χ2v) is 7.50. The molecular formula is C19H31N. The van der Waals surface area contributed by atoms with Gasteiger partial charge in [-0.1, -0.05) is 38.8 Å². The van der Waals surface area contributed by atoms with Crippen molar-refractivity contribution in [2.75, 3.05) is 0 Å². The molecule has 1 aromatic carbocycles. The van der Waals surface area contributed by atoms with Crippen LogP contribution < -0.4 is 5.73 Å². The molecule has 1 aliphatic rings. The minimum absolute atomic E-state index is 0.0969. The van der Waals surface area contributed by atoms with E-state index >= 15 is 0 Å². The Balaban J connectivity index is 2.28. The molecular weight excluding hydrogens is 242 g/mol. The Hall–Kier alpha value is -0.820. The predicted molar refractivity (Wildman–Crippen MR) is 87.9 cm³/mol. The maximum atomic E-state index is 6.87. The van der Waals surface area contributed by atoms with Crippen LogP contribution in [0.5, 0.6) is 0 Å². The summed E-state index contributed by atoms with van der Waals surface area (Å²) in [6.45, 7) is 11.3. The highest BCUT2D eigenvalue weighted by molar-refractivity contribution is 5.40. The van der Waals surface area contributed by atoms with Gasteiger partial charge < -0.3 is 5.73 Å². The number of hydrogen-bond donors (Lipinski definition) is 1. The van der Waals surface area contributed by atoms with Crippen LogP contribution in [0, 0.1) is 32.6 Å². The van der Waals surface area contributed by atoms with E-state index in [0.717, 1.165) is 24.7 Å². The Morgan fingerprint density at radius 2 is 1.80 bits per heavy atom. The van der Waals surface area contributed by atoms with Crippen molar-refractivity contribution in [2.24, 2.45) is 17.6 Å². The molecule has 0 aromatic heterocycles. The highest BCUT2D eigenvalue weighted by Crippen LogP contribution is 2.41. The molecule has 0 bridgehead atoms. The Morgan fingerprint density at radius 1 is 1.15 bits per heavy atom. The predicted octanol–water partition coefficient (Wildman–Crippen LogP) is 5.00. The molecule has 20 heavy (non-hydrogen) atoms. The van der Waals surface area contributed by atoms with Crippen molar-refractivity contribution in [3.8, 4) is 0 Å². The lowest BCUT2D eigenvalue weighted by Crippen LogP contribution is -2.42. The molecule has 1 aromatic rings. The highest BCUT2D eigenvalue weighted by atomic mass is 14.8. The van der Waals surface area contributed by atoms with Crippen molar-refractivity contribution in [1.29, 1.82) is 0 Å². The third-order valence-corrected chi connectivity index (χ3v) is 5.07. The van der Waals surface area contributed by atoms with Crippen LogP contribution in [0.1, 0.15) is 68.2 Å². The molecule has 1 heteroatoms. The standard InChI is InChI=1S/C19H31N/c1-13(2)9-17-7-6-8-19(20,12-17)18-11-15(4)14(3)10-16(18)5/h10-11,13,17H,6-9,12,20H2,1-5H3. The zero-order chi connectivity index (χ0) is 14.9. The molecule has 0 amide bonds. The van der Waals surface area contributed by atoms with Crippen molar-refractivity contribution < 1.29 is 0 Å². The molecule has 2 rings (SSSR count). The van der Waals surface area contributed by atoms with Gasteiger partial charge in [0.2, 0.25) is 0 Å². The molecule has 0 radical (unpaired) electrons. The Labute approximate surface area is 125 Å². The van der Waals surface area contributed by atoms with Gasteiger partial charge in [0.1, 0.15) is 0 Å². The quantitative estimate of drug-likeness (QED) is 0.823. The van der Waals surface area contributed by atoms with Crippen molar-refractivity contribution >= 4 is 0 Å². The lowest BCUT2D eigenvalue weighted by atomic mass is 9.69. The van der Waals surface area contributed by atoms with Crippen LogP contribution in [0.25, 0.3) is 0 Å². The van der Waals surface area contributed by atoms with Crippen LogP contribution >= 0.6 is 0 Å². The summed E-state index contributed by atoms with van der Waals surface area (Å²) in [5, 5.41) is 0. The van der Waals surface area contributed by atoms with Gasteiger partial charge >= 0.3 is 0 Å². The normalized spacial score (nSPS) is 27.1. The Morgan fingerprint density at radius 3 is 2.45 bits per heavy atom. The highest BCUT2D eigenvalue weighted by Gasteiger charge is 2.35. The topological polar surface area (TPSA) is 26.0 Å². The summed E-state index contributed by atoms with van der Waals surface area (Å²) in [6, 6.07) is 4.66. The maximum absolute atomic E-state index is 6.87. The van der Waals surface area contributed by atoms with E-state index in [1.54, 1.807) is 0 Å². The summed E-state index contributed by atoms with van der Waals surface area (Å²) >= 11 is 0. The zero-order valence-corrected chi connectivity index (χ0v) is 13.9. The number of nitrogens with two attached hydrogens (primary N) is 1. The fourth-order valence-corrected chi connectivity index (χ4v) is 4.03. The third kappa shape index (κ3) is 3.25. The Bertz CT molecular complexity index is 475. The Kier molecular flexibility index (Phi) is 4.59. The van der Waals surface area contributed by atoms with Crippen LogP contribution in [0.3, 0.4) is 0 Å². The average Bonchev–Trinajstić information content (AvgIpc) is 2.33. The van der Waals surface area contributed by atoms with Gasteiger partial charge in [0.15, 0.2) is 0 Å². The van der Waals surface area contributed by atoms with Gasteiger partial charge in [0, 0.05) is 5.54 Å². The molecule has 2 N–H and O–H groups in total. The minimum atomic E-state index is -0.0969. The number of hydrogen-bond acceptors (Lipinski definition) is 1. The van der Waals surface area contributed by atoms with E-state index in [1.165, 1.54) is 41.5 Å². The monoisotopic (exact) mass is 273 g/mol. The summed E-state index contributed by atoms with van der Waals surface area (Å²) in [7, 11) is 0. The fraction of sp³-hybridized carbons (Fsp3) is 0.684. The molecule has 0 spiro atoms. The molecule has 0 aliphatic heterocycles. The minimum Gasteiger partial charge on any atom is -0.321 e. The van der Waals surface area contributed by atoms with Gasteiger partial charge in [-0.25, -0.2) is 0 Å². The van der Waals surface area contributed by atoms with Crippen molar-refractivity contribution in [3.63, 3.8) is 0 Å². The number of aryl methyl sites for hydroxylation is 3. The first kappa shape index (κ1) is 15.6. The average molecular weight is 273 g/mol. The molecule has 1 nitrogen and oxygen atoms in total. The van der Waals surface area contributed by atoms with Crippen LogP contribution in [0.2, 0.25) is 0 Å². The van der Waals surface area contributed by atoms with E-state index in [4.69, 9.17) is 5.73 Å². The molecule has 2 unspecified atom stereocenters. The van der Waals surface area contributed by atoms with Crippen molar-refractivity contribution in [2.45, 2.75) is 72.3 Å². The van der Waals surface area contributed by atoms with E-state index in [1.807, 2.05) is 0 Å². The molecule has 0 saturated heterocycles. The van der Waals surface area contributed by atoms with Gasteiger partial charge in [-0.2, -0.15) is 0 Å². The first-order chi connectivity index (χ1) is 9.32. The van der Waals surface area contributed by atoms with Crippen molar-refractivity contribution in [1.82, 2.24) is 0 Å². The lowest BCUT2D eigenvalue weighted by Gasteiger charge is -2.40. The third-order valence-electron chi connectivity index (χ3n) is 5.07. The van der Waals surface area contributed by atoms with Gasteiger partial charge in [0.05, 0.1) is 0 Å². The molecule has 2 atom stereocenters. The second-order valence-electron chi connectivity index (χ2n) is 7.50. The largest absolute Gasteiger partial charge is 0.321 e. The van der Waals surface area contributed by atoms with E-state index in [2.05, 4.69) is 46.8 Å². The van der Waals surface area contributed by atoms with Crippen LogP contribution in [0.15, 0.2) is 12.1 Å². The van der Waals surface area contributed by atoms with Crippen molar-refractivity contribution in [3.05, 3.63) is 34.4 Å². The maximum Gasteiger partial charge on any atom is 0.0415 e. The first-order valence-electron chi connectivity index (χ1n) is 8.19. The van der Waals surface area contributed by atoms with Crippen LogP contribution in [-0.2, 0) is 5.54 Å². The second kappa shape index (κ2) is 5.89. The molecule has 1 aliphatic carbocycles. The zero-order valence-electron chi connectivity index (χ0n) is 13.9. The molecule has 1 fully saturated rings. The van der Waals surface area contributed by atoms with Gasteiger partial charge in [0.25, 0.3) is 0 Å². The number of benzene rings is 1. The molecule has 0 heterocycles. The van der Waals surface area contributed by atoms with Gasteiger partial charge in [-0.05, 0) is 74.1 Å². The fourth-order valence-electron chi connectivity index (χ4n) is 4.03. The lowest BCUT2D eigenvalue weighted by molar-refractivity contribution is 0.202. The van der Waals surface area contributed by atoms with Gasteiger partial charge in [-0.3, -0.25) is 0 Å². The van der Waals surface area contributed by atoms with E-state index in [-0.39, 0.29) is 5.54 Å².